The van der Waals surface area contributed by atoms with Crippen molar-refractivity contribution in [2.75, 3.05) is 20.3 Å². The third-order valence-corrected chi connectivity index (χ3v) is 7.64. The molecule has 6 heteroatoms. The first-order valence-corrected chi connectivity index (χ1v) is 14.2. The first-order chi connectivity index (χ1) is 19.5. The van der Waals surface area contributed by atoms with Crippen molar-refractivity contribution < 1.29 is 24.2 Å². The quantitative estimate of drug-likeness (QED) is 0.172. The fourth-order valence-corrected chi connectivity index (χ4v) is 5.25. The number of benzene rings is 3. The number of amides is 1. The van der Waals surface area contributed by atoms with Crippen LogP contribution in [0.2, 0.25) is 0 Å². The summed E-state index contributed by atoms with van der Waals surface area (Å²) < 4.78 is 11.1. The number of rotatable bonds is 9. The second-order valence-corrected chi connectivity index (χ2v) is 11.8. The molecule has 1 saturated heterocycles. The topological polar surface area (TPSA) is 76.1 Å². The van der Waals surface area contributed by atoms with Gasteiger partial charge in [-0.2, -0.15) is 0 Å². The molecule has 1 unspecified atom stereocenters. The summed E-state index contributed by atoms with van der Waals surface area (Å²) in [5.74, 6) is 0.168. The summed E-state index contributed by atoms with van der Waals surface area (Å²) in [7, 11) is 1.62. The molecular formula is C35H41NO5. The summed E-state index contributed by atoms with van der Waals surface area (Å²) in [5, 5.41) is 11.6. The molecule has 3 aromatic carbocycles. The molecule has 1 atom stereocenters. The number of methoxy groups -OCH3 is 1. The zero-order chi connectivity index (χ0) is 29.9. The predicted molar refractivity (Wildman–Crippen MR) is 163 cm³/mol. The average Bonchev–Trinajstić information content (AvgIpc) is 3.20. The minimum atomic E-state index is -0.712. The molecule has 1 amide bonds. The number of Topliss-reactive ketones (excluding diaryl/α,β-unsaturated/α-hetero) is 1. The smallest absolute Gasteiger partial charge is 0.295 e. The van der Waals surface area contributed by atoms with Crippen molar-refractivity contribution in [3.05, 3.63) is 100 Å². The highest BCUT2D eigenvalue weighted by Gasteiger charge is 2.46. The maximum absolute atomic E-state index is 13.6. The Morgan fingerprint density at radius 2 is 1.63 bits per heavy atom. The molecule has 41 heavy (non-hydrogen) atoms. The third-order valence-electron chi connectivity index (χ3n) is 7.64. The van der Waals surface area contributed by atoms with Crippen LogP contribution in [0.1, 0.15) is 81.3 Å². The normalized spacial score (nSPS) is 16.9. The Morgan fingerprint density at radius 1 is 0.976 bits per heavy atom. The Labute approximate surface area is 243 Å². The molecule has 0 aromatic heterocycles. The summed E-state index contributed by atoms with van der Waals surface area (Å²) in [6.45, 7) is 13.3. The molecule has 1 heterocycles. The monoisotopic (exact) mass is 555 g/mol. The minimum Gasteiger partial charge on any atom is -0.507 e. The predicted octanol–water partition coefficient (Wildman–Crippen LogP) is 7.18. The van der Waals surface area contributed by atoms with E-state index in [0.29, 0.717) is 25.1 Å². The number of carbonyl (C=O) groups excluding carboxylic acids is 2. The molecule has 0 spiro atoms. The van der Waals surface area contributed by atoms with E-state index >= 15 is 0 Å². The van der Waals surface area contributed by atoms with Gasteiger partial charge in [-0.05, 0) is 77.3 Å². The maximum atomic E-state index is 13.6. The van der Waals surface area contributed by atoms with Gasteiger partial charge in [-0.1, -0.05) is 71.0 Å². The number of likely N-dealkylation sites (tertiary alicyclic amines) is 1. The lowest BCUT2D eigenvalue weighted by Gasteiger charge is -2.27. The van der Waals surface area contributed by atoms with Crippen LogP contribution in [-0.4, -0.2) is 42.0 Å². The van der Waals surface area contributed by atoms with Crippen LogP contribution in [-0.2, 0) is 21.4 Å². The van der Waals surface area contributed by atoms with Gasteiger partial charge in [0.25, 0.3) is 11.7 Å². The van der Waals surface area contributed by atoms with Crippen LogP contribution in [0.5, 0.6) is 11.5 Å². The number of ketones is 1. The van der Waals surface area contributed by atoms with Crippen molar-refractivity contribution in [3.8, 4) is 11.5 Å². The van der Waals surface area contributed by atoms with Crippen LogP contribution in [0, 0.1) is 0 Å². The Kier molecular flexibility index (Phi) is 8.91. The molecule has 0 bridgehead atoms. The van der Waals surface area contributed by atoms with Crippen LogP contribution < -0.4 is 9.47 Å². The summed E-state index contributed by atoms with van der Waals surface area (Å²) in [5.41, 5.74) is 4.41. The van der Waals surface area contributed by atoms with Crippen LogP contribution in [0.3, 0.4) is 0 Å². The van der Waals surface area contributed by atoms with E-state index in [-0.39, 0.29) is 22.7 Å². The molecule has 6 nitrogen and oxygen atoms in total. The summed E-state index contributed by atoms with van der Waals surface area (Å²) in [6.07, 6.45) is 0.550. The van der Waals surface area contributed by atoms with Gasteiger partial charge in [0.15, 0.2) is 0 Å². The van der Waals surface area contributed by atoms with Gasteiger partial charge in [-0.15, -0.1) is 0 Å². The highest BCUT2D eigenvalue weighted by molar-refractivity contribution is 6.46. The van der Waals surface area contributed by atoms with Crippen molar-refractivity contribution in [3.63, 3.8) is 0 Å². The number of hydrogen-bond acceptors (Lipinski definition) is 5. The molecule has 0 radical (unpaired) electrons. The second kappa shape index (κ2) is 12.2. The van der Waals surface area contributed by atoms with Gasteiger partial charge in [0.1, 0.15) is 17.3 Å². The van der Waals surface area contributed by atoms with Crippen molar-refractivity contribution in [2.45, 2.75) is 65.3 Å². The zero-order valence-electron chi connectivity index (χ0n) is 25.2. The van der Waals surface area contributed by atoms with Crippen molar-refractivity contribution in [1.82, 2.24) is 4.90 Å². The Morgan fingerprint density at radius 3 is 2.20 bits per heavy atom. The molecule has 1 fully saturated rings. The fourth-order valence-electron chi connectivity index (χ4n) is 5.25. The number of aliphatic hydroxyl groups excluding tert-OH is 1. The van der Waals surface area contributed by atoms with E-state index in [1.807, 2.05) is 67.6 Å². The molecule has 4 rings (SSSR count). The lowest BCUT2D eigenvalue weighted by atomic mass is 9.85. The van der Waals surface area contributed by atoms with Crippen molar-refractivity contribution in [1.29, 1.82) is 0 Å². The molecular weight excluding hydrogens is 514 g/mol. The third kappa shape index (κ3) is 6.32. The summed E-state index contributed by atoms with van der Waals surface area (Å²) >= 11 is 0. The van der Waals surface area contributed by atoms with Crippen LogP contribution >= 0.6 is 0 Å². The zero-order valence-corrected chi connectivity index (χ0v) is 25.2. The van der Waals surface area contributed by atoms with Crippen LogP contribution in [0.25, 0.3) is 5.76 Å². The number of hydrogen-bond donors (Lipinski definition) is 1. The van der Waals surface area contributed by atoms with E-state index in [4.69, 9.17) is 9.47 Å². The number of ether oxygens (including phenoxy) is 2. The lowest BCUT2D eigenvalue weighted by molar-refractivity contribution is -0.139. The SMILES string of the molecule is CCOc1ccc(/C(O)=C2/C(=O)C(=O)N(CCc3ccc(OC)cc3)C2c2ccc(C(C)(C)C)cc2)cc1C(C)C. The van der Waals surface area contributed by atoms with E-state index in [2.05, 4.69) is 34.6 Å². The molecule has 3 aromatic rings. The molecule has 1 N–H and O–H groups in total. The van der Waals surface area contributed by atoms with Gasteiger partial charge in [0.05, 0.1) is 25.3 Å². The number of nitrogens with zero attached hydrogens (tertiary/aromatic N) is 1. The van der Waals surface area contributed by atoms with Crippen molar-refractivity contribution >= 4 is 17.4 Å². The summed E-state index contributed by atoms with van der Waals surface area (Å²) in [4.78, 5) is 28.6. The highest BCUT2D eigenvalue weighted by Crippen LogP contribution is 2.41. The van der Waals surface area contributed by atoms with E-state index in [9.17, 15) is 14.7 Å². The number of aliphatic hydroxyl groups is 1. The fraction of sp³-hybridized carbons (Fsp3) is 0.371. The first kappa shape index (κ1) is 29.9. The molecule has 1 aliphatic rings. The minimum absolute atomic E-state index is 0.0513. The van der Waals surface area contributed by atoms with Crippen LogP contribution in [0.4, 0.5) is 0 Å². The van der Waals surface area contributed by atoms with Gasteiger partial charge in [-0.3, -0.25) is 9.59 Å². The highest BCUT2D eigenvalue weighted by atomic mass is 16.5. The molecule has 0 aliphatic carbocycles. The van der Waals surface area contributed by atoms with E-state index in [1.165, 1.54) is 0 Å². The molecule has 0 saturated carbocycles. The second-order valence-electron chi connectivity index (χ2n) is 11.8. The Hall–Kier alpha value is -4.06. The largest absolute Gasteiger partial charge is 0.507 e. The molecule has 1 aliphatic heterocycles. The van der Waals surface area contributed by atoms with Crippen molar-refractivity contribution in [2.24, 2.45) is 0 Å². The van der Waals surface area contributed by atoms with Gasteiger partial charge >= 0.3 is 0 Å². The van der Waals surface area contributed by atoms with E-state index in [1.54, 1.807) is 18.1 Å². The van der Waals surface area contributed by atoms with Gasteiger partial charge in [-0.25, -0.2) is 0 Å². The average molecular weight is 556 g/mol. The van der Waals surface area contributed by atoms with E-state index in [0.717, 1.165) is 33.8 Å². The van der Waals surface area contributed by atoms with Gasteiger partial charge in [0, 0.05) is 12.1 Å². The summed E-state index contributed by atoms with van der Waals surface area (Å²) in [6, 6.07) is 20.4. The molecule has 216 valence electrons. The maximum Gasteiger partial charge on any atom is 0.295 e. The lowest BCUT2D eigenvalue weighted by Crippen LogP contribution is -2.31. The van der Waals surface area contributed by atoms with Crippen LogP contribution in [0.15, 0.2) is 72.3 Å². The Balaban J connectivity index is 1.80. The first-order valence-electron chi connectivity index (χ1n) is 14.2. The number of carbonyl (C=O) groups is 2. The van der Waals surface area contributed by atoms with Gasteiger partial charge < -0.3 is 19.5 Å². The van der Waals surface area contributed by atoms with Gasteiger partial charge in [0.2, 0.25) is 0 Å². The standard InChI is InChI=1S/C35H41NO5/c1-8-41-29-18-13-25(21-28(29)22(2)3)32(37)30-31(24-11-14-26(15-12-24)35(4,5)6)36(34(39)33(30)38)20-19-23-9-16-27(40-7)17-10-23/h9-18,21-22,31,37H,8,19-20H2,1-7H3/b32-30-. The van der Waals surface area contributed by atoms with E-state index < -0.39 is 17.7 Å². The Bertz CT molecular complexity index is 1430.